The zero-order chi connectivity index (χ0) is 15.2. The second-order valence-electron chi connectivity index (χ2n) is 4.83. The second-order valence-corrected chi connectivity index (χ2v) is 5.62. The summed E-state index contributed by atoms with van der Waals surface area (Å²) >= 11 is 12.4. The van der Waals surface area contributed by atoms with Crippen LogP contribution in [0.5, 0.6) is 0 Å². The van der Waals surface area contributed by atoms with E-state index in [-0.39, 0.29) is 0 Å². The molecule has 0 aliphatic rings. The third-order valence-corrected chi connectivity index (χ3v) is 3.85. The second kappa shape index (κ2) is 7.62. The minimum absolute atomic E-state index is 0.529. The van der Waals surface area contributed by atoms with Gasteiger partial charge in [0.15, 0.2) is 0 Å². The fourth-order valence-corrected chi connectivity index (χ4v) is 2.41. The van der Waals surface area contributed by atoms with Crippen molar-refractivity contribution in [2.45, 2.75) is 33.1 Å². The summed E-state index contributed by atoms with van der Waals surface area (Å²) in [5.74, 6) is 1.66. The van der Waals surface area contributed by atoms with Crippen molar-refractivity contribution >= 4 is 29.0 Å². The van der Waals surface area contributed by atoms with E-state index in [0.29, 0.717) is 10.0 Å². The lowest BCUT2D eigenvalue weighted by Crippen LogP contribution is -2.06. The fraction of sp³-hybridized carbons (Fsp3) is 0.375. The molecule has 0 saturated carbocycles. The Balaban J connectivity index is 2.45. The van der Waals surface area contributed by atoms with Crippen LogP contribution < -0.4 is 5.32 Å². The number of rotatable bonds is 6. The molecule has 0 atom stereocenters. The quantitative estimate of drug-likeness (QED) is 0.791. The van der Waals surface area contributed by atoms with Crippen molar-refractivity contribution in [1.29, 1.82) is 0 Å². The number of halogens is 2. The average Bonchev–Trinajstić information content (AvgIpc) is 2.48. The molecule has 5 heteroatoms. The highest BCUT2D eigenvalue weighted by Crippen LogP contribution is 2.33. The largest absolute Gasteiger partial charge is 0.370 e. The van der Waals surface area contributed by atoms with Crippen molar-refractivity contribution in [1.82, 2.24) is 9.97 Å². The SMILES string of the molecule is CCCNc1cc(-c2cccc(Cl)c2Cl)nc(CCC)n1. The molecule has 1 heterocycles. The van der Waals surface area contributed by atoms with E-state index in [0.717, 1.165) is 48.7 Å². The summed E-state index contributed by atoms with van der Waals surface area (Å²) in [6.07, 6.45) is 2.88. The molecule has 1 N–H and O–H groups in total. The Kier molecular flexibility index (Phi) is 5.83. The van der Waals surface area contributed by atoms with Crippen LogP contribution in [0.1, 0.15) is 32.5 Å². The first kappa shape index (κ1) is 16.1. The number of benzene rings is 1. The summed E-state index contributed by atoms with van der Waals surface area (Å²) in [6.45, 7) is 5.11. The van der Waals surface area contributed by atoms with Crippen molar-refractivity contribution in [3.63, 3.8) is 0 Å². The van der Waals surface area contributed by atoms with Gasteiger partial charge in [0.25, 0.3) is 0 Å². The van der Waals surface area contributed by atoms with Gasteiger partial charge in [-0.3, -0.25) is 0 Å². The summed E-state index contributed by atoms with van der Waals surface area (Å²) < 4.78 is 0. The van der Waals surface area contributed by atoms with Crippen LogP contribution in [-0.4, -0.2) is 16.5 Å². The van der Waals surface area contributed by atoms with Crippen molar-refractivity contribution in [2.75, 3.05) is 11.9 Å². The highest BCUT2D eigenvalue weighted by molar-refractivity contribution is 6.43. The summed E-state index contributed by atoms with van der Waals surface area (Å²) in [7, 11) is 0. The number of anilines is 1. The topological polar surface area (TPSA) is 37.8 Å². The van der Waals surface area contributed by atoms with Crippen LogP contribution in [-0.2, 0) is 6.42 Å². The van der Waals surface area contributed by atoms with Crippen LogP contribution in [0.3, 0.4) is 0 Å². The maximum absolute atomic E-state index is 6.30. The molecule has 0 spiro atoms. The molecule has 1 aromatic heterocycles. The molecule has 2 rings (SSSR count). The van der Waals surface area contributed by atoms with Crippen LogP contribution in [0.2, 0.25) is 10.0 Å². The summed E-state index contributed by atoms with van der Waals surface area (Å²) in [4.78, 5) is 9.15. The number of aryl methyl sites for hydroxylation is 1. The fourth-order valence-electron chi connectivity index (χ4n) is 2.02. The van der Waals surface area contributed by atoms with Gasteiger partial charge in [0.2, 0.25) is 0 Å². The molecular formula is C16H19Cl2N3. The van der Waals surface area contributed by atoms with Gasteiger partial charge in [-0.05, 0) is 18.9 Å². The summed E-state index contributed by atoms with van der Waals surface area (Å²) in [5.41, 5.74) is 1.64. The number of hydrogen-bond donors (Lipinski definition) is 1. The maximum atomic E-state index is 6.30. The minimum Gasteiger partial charge on any atom is -0.370 e. The molecule has 0 aliphatic carbocycles. The van der Waals surface area contributed by atoms with Gasteiger partial charge >= 0.3 is 0 Å². The van der Waals surface area contributed by atoms with Crippen LogP contribution in [0, 0.1) is 0 Å². The molecule has 0 unspecified atom stereocenters. The lowest BCUT2D eigenvalue weighted by molar-refractivity contribution is 0.834. The number of hydrogen-bond acceptors (Lipinski definition) is 3. The Morgan fingerprint density at radius 3 is 2.62 bits per heavy atom. The molecule has 2 aromatic rings. The van der Waals surface area contributed by atoms with Crippen LogP contribution in [0.25, 0.3) is 11.3 Å². The van der Waals surface area contributed by atoms with E-state index in [1.54, 1.807) is 6.07 Å². The van der Waals surface area contributed by atoms with E-state index in [1.807, 2.05) is 18.2 Å². The Hall–Kier alpha value is -1.32. The lowest BCUT2D eigenvalue weighted by Gasteiger charge is -2.11. The van der Waals surface area contributed by atoms with E-state index in [4.69, 9.17) is 23.2 Å². The molecule has 0 bridgehead atoms. The van der Waals surface area contributed by atoms with Gasteiger partial charge in [0, 0.05) is 24.6 Å². The first-order valence-electron chi connectivity index (χ1n) is 7.22. The highest BCUT2D eigenvalue weighted by Gasteiger charge is 2.11. The highest BCUT2D eigenvalue weighted by atomic mass is 35.5. The third-order valence-electron chi connectivity index (χ3n) is 3.03. The predicted octanol–water partition coefficient (Wildman–Crippen LogP) is 5.22. The smallest absolute Gasteiger partial charge is 0.131 e. The number of nitrogens with zero attached hydrogens (tertiary/aromatic N) is 2. The molecule has 0 amide bonds. The maximum Gasteiger partial charge on any atom is 0.131 e. The van der Waals surface area contributed by atoms with E-state index < -0.39 is 0 Å². The molecule has 0 saturated heterocycles. The zero-order valence-electron chi connectivity index (χ0n) is 12.3. The van der Waals surface area contributed by atoms with Gasteiger partial charge in [0.05, 0.1) is 15.7 Å². The first-order chi connectivity index (χ1) is 10.2. The van der Waals surface area contributed by atoms with Crippen LogP contribution in [0.15, 0.2) is 24.3 Å². The van der Waals surface area contributed by atoms with Crippen molar-refractivity contribution in [3.05, 3.63) is 40.1 Å². The predicted molar refractivity (Wildman–Crippen MR) is 90.3 cm³/mol. The summed E-state index contributed by atoms with van der Waals surface area (Å²) in [6, 6.07) is 7.50. The van der Waals surface area contributed by atoms with Crippen LogP contribution in [0.4, 0.5) is 5.82 Å². The molecule has 1 aromatic carbocycles. The molecule has 0 radical (unpaired) electrons. The third kappa shape index (κ3) is 4.08. The Morgan fingerprint density at radius 1 is 1.10 bits per heavy atom. The summed E-state index contributed by atoms with van der Waals surface area (Å²) in [5, 5.41) is 4.37. The van der Waals surface area contributed by atoms with E-state index in [1.165, 1.54) is 0 Å². The molecule has 21 heavy (non-hydrogen) atoms. The minimum atomic E-state index is 0.529. The Morgan fingerprint density at radius 2 is 1.90 bits per heavy atom. The molecule has 0 aliphatic heterocycles. The number of aromatic nitrogens is 2. The number of nitrogens with one attached hydrogen (secondary N) is 1. The lowest BCUT2D eigenvalue weighted by atomic mass is 10.1. The Bertz CT molecular complexity index is 614. The van der Waals surface area contributed by atoms with E-state index >= 15 is 0 Å². The average molecular weight is 324 g/mol. The van der Waals surface area contributed by atoms with Crippen LogP contribution >= 0.6 is 23.2 Å². The monoisotopic (exact) mass is 323 g/mol. The van der Waals surface area contributed by atoms with Gasteiger partial charge in [-0.25, -0.2) is 9.97 Å². The van der Waals surface area contributed by atoms with Gasteiger partial charge < -0.3 is 5.32 Å². The normalized spacial score (nSPS) is 10.7. The molecular weight excluding hydrogens is 305 g/mol. The Labute approximate surface area is 135 Å². The van der Waals surface area contributed by atoms with E-state index in [9.17, 15) is 0 Å². The van der Waals surface area contributed by atoms with Gasteiger partial charge in [0.1, 0.15) is 11.6 Å². The molecule has 0 fully saturated rings. The molecule has 3 nitrogen and oxygen atoms in total. The zero-order valence-corrected chi connectivity index (χ0v) is 13.8. The van der Waals surface area contributed by atoms with Crippen molar-refractivity contribution in [3.8, 4) is 11.3 Å². The standard InChI is InChI=1S/C16H19Cl2N3/c1-3-6-14-20-13(10-15(21-14)19-9-4-2)11-7-5-8-12(17)16(11)18/h5,7-8,10H,3-4,6,9H2,1-2H3,(H,19,20,21). The van der Waals surface area contributed by atoms with Gasteiger partial charge in [-0.1, -0.05) is 49.2 Å². The van der Waals surface area contributed by atoms with E-state index in [2.05, 4.69) is 29.1 Å². The first-order valence-corrected chi connectivity index (χ1v) is 7.97. The van der Waals surface area contributed by atoms with Crippen molar-refractivity contribution < 1.29 is 0 Å². The van der Waals surface area contributed by atoms with Gasteiger partial charge in [-0.15, -0.1) is 0 Å². The van der Waals surface area contributed by atoms with Crippen molar-refractivity contribution in [2.24, 2.45) is 0 Å². The van der Waals surface area contributed by atoms with Gasteiger partial charge in [-0.2, -0.15) is 0 Å². The molecule has 112 valence electrons.